The van der Waals surface area contributed by atoms with Crippen LogP contribution in [0.1, 0.15) is 19.8 Å². The number of nitrogens with zero attached hydrogens (tertiary/aromatic N) is 3. The van der Waals surface area contributed by atoms with Crippen molar-refractivity contribution in [2.45, 2.75) is 32.4 Å². The highest BCUT2D eigenvalue weighted by molar-refractivity contribution is 4.79. The van der Waals surface area contributed by atoms with E-state index in [1.165, 1.54) is 0 Å². The first-order chi connectivity index (χ1) is 6.83. The van der Waals surface area contributed by atoms with Crippen LogP contribution in [-0.2, 0) is 6.54 Å². The molecule has 4 nitrogen and oxygen atoms in total. The molecule has 0 fully saturated rings. The second-order valence-electron chi connectivity index (χ2n) is 3.34. The zero-order chi connectivity index (χ0) is 10.2. The Morgan fingerprint density at radius 3 is 3.14 bits per heavy atom. The average molecular weight is 192 g/mol. The molecule has 76 valence electrons. The normalized spacial score (nSPS) is 12.3. The molecule has 1 aromatic rings. The van der Waals surface area contributed by atoms with Crippen molar-refractivity contribution in [3.05, 3.63) is 18.5 Å². The first-order valence-electron chi connectivity index (χ1n) is 4.90. The van der Waals surface area contributed by atoms with Crippen LogP contribution >= 0.6 is 0 Å². The molecule has 0 aliphatic heterocycles. The quantitative estimate of drug-likeness (QED) is 0.688. The fraction of sp³-hybridized carbons (Fsp3) is 0.600. The van der Waals surface area contributed by atoms with E-state index in [2.05, 4.69) is 23.4 Å². The maximum atomic E-state index is 8.35. The van der Waals surface area contributed by atoms with Crippen LogP contribution in [0.2, 0.25) is 0 Å². The first kappa shape index (κ1) is 10.7. The van der Waals surface area contributed by atoms with Gasteiger partial charge in [0.25, 0.3) is 0 Å². The third kappa shape index (κ3) is 4.06. The molecule has 0 aliphatic rings. The summed E-state index contributed by atoms with van der Waals surface area (Å²) in [6, 6.07) is 4.45. The second kappa shape index (κ2) is 6.17. The van der Waals surface area contributed by atoms with E-state index in [4.69, 9.17) is 5.26 Å². The summed E-state index contributed by atoms with van der Waals surface area (Å²) >= 11 is 0. The number of nitriles is 1. The predicted octanol–water partition coefficient (Wildman–Crippen LogP) is 1.16. The highest BCUT2D eigenvalue weighted by Crippen LogP contribution is 1.91. The Bertz CT molecular complexity index is 273. The van der Waals surface area contributed by atoms with Gasteiger partial charge in [-0.1, -0.05) is 0 Å². The summed E-state index contributed by atoms with van der Waals surface area (Å²) in [5.41, 5.74) is 0. The number of rotatable bonds is 6. The molecule has 0 spiro atoms. The topological polar surface area (TPSA) is 53.6 Å². The third-order valence-corrected chi connectivity index (χ3v) is 1.98. The van der Waals surface area contributed by atoms with Crippen molar-refractivity contribution >= 4 is 0 Å². The van der Waals surface area contributed by atoms with E-state index in [1.807, 2.05) is 16.9 Å². The van der Waals surface area contributed by atoms with Gasteiger partial charge in [0.2, 0.25) is 0 Å². The molecule has 1 unspecified atom stereocenters. The molecule has 0 saturated heterocycles. The molecule has 0 aromatic carbocycles. The number of unbranched alkanes of at least 4 members (excludes halogenated alkanes) is 1. The van der Waals surface area contributed by atoms with Gasteiger partial charge in [0, 0.05) is 24.9 Å². The molecular formula is C10H16N4. The molecule has 4 heteroatoms. The summed E-state index contributed by atoms with van der Waals surface area (Å²) < 4.78 is 1.90. The predicted molar refractivity (Wildman–Crippen MR) is 54.5 cm³/mol. The van der Waals surface area contributed by atoms with Gasteiger partial charge >= 0.3 is 0 Å². The van der Waals surface area contributed by atoms with Gasteiger partial charge in [-0.05, 0) is 26.0 Å². The SMILES string of the molecule is CC(Cn1cccn1)NCCCC#N. The minimum Gasteiger partial charge on any atom is -0.312 e. The van der Waals surface area contributed by atoms with E-state index >= 15 is 0 Å². The van der Waals surface area contributed by atoms with Gasteiger partial charge in [-0.3, -0.25) is 4.68 Å². The Morgan fingerprint density at radius 2 is 2.50 bits per heavy atom. The molecule has 0 aliphatic carbocycles. The minimum atomic E-state index is 0.397. The lowest BCUT2D eigenvalue weighted by molar-refractivity contribution is 0.449. The van der Waals surface area contributed by atoms with Crippen LogP contribution < -0.4 is 5.32 Å². The van der Waals surface area contributed by atoms with Crippen molar-refractivity contribution in [3.8, 4) is 6.07 Å². The molecule has 14 heavy (non-hydrogen) atoms. The number of hydrogen-bond donors (Lipinski definition) is 1. The van der Waals surface area contributed by atoms with Crippen LogP contribution in [-0.4, -0.2) is 22.4 Å². The average Bonchev–Trinajstić information content (AvgIpc) is 2.65. The van der Waals surface area contributed by atoms with Crippen LogP contribution in [0.25, 0.3) is 0 Å². The molecule has 1 N–H and O–H groups in total. The summed E-state index contributed by atoms with van der Waals surface area (Å²) in [5.74, 6) is 0. The van der Waals surface area contributed by atoms with Crippen LogP contribution in [0.4, 0.5) is 0 Å². The fourth-order valence-electron chi connectivity index (χ4n) is 1.27. The molecule has 0 radical (unpaired) electrons. The lowest BCUT2D eigenvalue weighted by Crippen LogP contribution is -2.31. The number of hydrogen-bond acceptors (Lipinski definition) is 3. The van der Waals surface area contributed by atoms with Crippen LogP contribution in [0.15, 0.2) is 18.5 Å². The summed E-state index contributed by atoms with van der Waals surface area (Å²) in [7, 11) is 0. The minimum absolute atomic E-state index is 0.397. The van der Waals surface area contributed by atoms with Gasteiger partial charge < -0.3 is 5.32 Å². The Kier molecular flexibility index (Phi) is 4.73. The molecule has 1 atom stereocenters. The summed E-state index contributed by atoms with van der Waals surface area (Å²) in [5, 5.41) is 15.8. The summed E-state index contributed by atoms with van der Waals surface area (Å²) in [6.45, 7) is 3.89. The summed E-state index contributed by atoms with van der Waals surface area (Å²) in [4.78, 5) is 0. The first-order valence-corrected chi connectivity index (χ1v) is 4.90. The molecule has 1 rings (SSSR count). The van der Waals surface area contributed by atoms with Crippen LogP contribution in [0.5, 0.6) is 0 Å². The van der Waals surface area contributed by atoms with E-state index in [1.54, 1.807) is 6.20 Å². The monoisotopic (exact) mass is 192 g/mol. The van der Waals surface area contributed by atoms with Gasteiger partial charge in [-0.2, -0.15) is 10.4 Å². The fourth-order valence-corrected chi connectivity index (χ4v) is 1.27. The summed E-state index contributed by atoms with van der Waals surface area (Å²) in [6.07, 6.45) is 5.28. The van der Waals surface area contributed by atoms with Crippen molar-refractivity contribution in [2.24, 2.45) is 0 Å². The zero-order valence-electron chi connectivity index (χ0n) is 8.48. The highest BCUT2D eigenvalue weighted by Gasteiger charge is 2.01. The Hall–Kier alpha value is -1.34. The van der Waals surface area contributed by atoms with Crippen molar-refractivity contribution in [1.29, 1.82) is 5.26 Å². The molecule has 0 bridgehead atoms. The van der Waals surface area contributed by atoms with E-state index in [9.17, 15) is 0 Å². The lowest BCUT2D eigenvalue weighted by Gasteiger charge is -2.12. The van der Waals surface area contributed by atoms with Crippen molar-refractivity contribution in [1.82, 2.24) is 15.1 Å². The largest absolute Gasteiger partial charge is 0.312 e. The van der Waals surface area contributed by atoms with Crippen molar-refractivity contribution < 1.29 is 0 Å². The maximum Gasteiger partial charge on any atom is 0.0622 e. The van der Waals surface area contributed by atoms with Gasteiger partial charge in [0.15, 0.2) is 0 Å². The lowest BCUT2D eigenvalue weighted by atomic mass is 10.3. The number of nitrogens with one attached hydrogen (secondary N) is 1. The Balaban J connectivity index is 2.11. The molecule has 1 aromatic heterocycles. The molecule has 0 amide bonds. The van der Waals surface area contributed by atoms with E-state index in [-0.39, 0.29) is 0 Å². The standard InChI is InChI=1S/C10H16N4/c1-10(12-6-3-2-5-11)9-14-8-4-7-13-14/h4,7-8,10,12H,2-3,6,9H2,1H3. The Morgan fingerprint density at radius 1 is 1.64 bits per heavy atom. The van der Waals surface area contributed by atoms with E-state index in [0.717, 1.165) is 19.5 Å². The number of aromatic nitrogens is 2. The second-order valence-corrected chi connectivity index (χ2v) is 3.34. The molecule has 0 saturated carbocycles. The van der Waals surface area contributed by atoms with Gasteiger partial charge in [-0.25, -0.2) is 0 Å². The third-order valence-electron chi connectivity index (χ3n) is 1.98. The highest BCUT2D eigenvalue weighted by atomic mass is 15.3. The molecule has 1 heterocycles. The zero-order valence-corrected chi connectivity index (χ0v) is 8.48. The van der Waals surface area contributed by atoms with Gasteiger partial charge in [-0.15, -0.1) is 0 Å². The van der Waals surface area contributed by atoms with E-state index < -0.39 is 0 Å². The molecular weight excluding hydrogens is 176 g/mol. The van der Waals surface area contributed by atoms with Crippen LogP contribution in [0.3, 0.4) is 0 Å². The smallest absolute Gasteiger partial charge is 0.0622 e. The maximum absolute atomic E-state index is 8.35. The van der Waals surface area contributed by atoms with Crippen molar-refractivity contribution in [2.75, 3.05) is 6.54 Å². The Labute approximate surface area is 84.5 Å². The van der Waals surface area contributed by atoms with Gasteiger partial charge in [0.1, 0.15) is 0 Å². The van der Waals surface area contributed by atoms with Crippen LogP contribution in [0, 0.1) is 11.3 Å². The van der Waals surface area contributed by atoms with Crippen molar-refractivity contribution in [3.63, 3.8) is 0 Å². The van der Waals surface area contributed by atoms with Gasteiger partial charge in [0.05, 0.1) is 12.6 Å². The van der Waals surface area contributed by atoms with E-state index in [0.29, 0.717) is 12.5 Å².